The number of piperazine rings is 1. The zero-order valence-electron chi connectivity index (χ0n) is 18.3. The van der Waals surface area contributed by atoms with Crippen LogP contribution < -0.4 is 9.64 Å². The number of nitrogens with zero attached hydrogens (tertiary/aromatic N) is 3. The molecule has 1 fully saturated rings. The minimum absolute atomic E-state index is 0.876. The third kappa shape index (κ3) is 4.92. The van der Waals surface area contributed by atoms with Gasteiger partial charge in [-0.05, 0) is 66.6 Å². The molecule has 5 rings (SSSR count). The van der Waals surface area contributed by atoms with Crippen LogP contribution in [0.2, 0.25) is 0 Å². The van der Waals surface area contributed by atoms with Crippen LogP contribution in [0.1, 0.15) is 16.7 Å². The lowest BCUT2D eigenvalue weighted by Gasteiger charge is -2.34. The first-order valence-electron chi connectivity index (χ1n) is 11.3. The van der Waals surface area contributed by atoms with Crippen molar-refractivity contribution in [3.8, 4) is 11.5 Å². The molecule has 0 radical (unpaired) electrons. The van der Waals surface area contributed by atoms with Crippen LogP contribution in [-0.2, 0) is 19.5 Å². The Bertz CT molecular complexity index is 995. The molecule has 4 heteroatoms. The Kier molecular flexibility index (Phi) is 5.92. The molecule has 0 amide bonds. The predicted molar refractivity (Wildman–Crippen MR) is 127 cm³/mol. The van der Waals surface area contributed by atoms with Crippen LogP contribution in [0.4, 0.5) is 5.69 Å². The summed E-state index contributed by atoms with van der Waals surface area (Å²) in [7, 11) is 2.21. The van der Waals surface area contributed by atoms with Crippen molar-refractivity contribution >= 4 is 5.69 Å². The fraction of sp³-hybridized carbons (Fsp3) is 0.333. The molecular formula is C27H31N3O. The lowest BCUT2D eigenvalue weighted by Crippen LogP contribution is -2.44. The van der Waals surface area contributed by atoms with Gasteiger partial charge in [-0.15, -0.1) is 0 Å². The number of hydrogen-bond donors (Lipinski definition) is 0. The molecule has 0 N–H and O–H groups in total. The highest BCUT2D eigenvalue weighted by Crippen LogP contribution is 2.28. The molecule has 0 aliphatic carbocycles. The summed E-state index contributed by atoms with van der Waals surface area (Å²) in [6.45, 7) is 7.76. The first kappa shape index (κ1) is 20.1. The summed E-state index contributed by atoms with van der Waals surface area (Å²) < 4.78 is 5.90. The number of anilines is 1. The maximum Gasteiger partial charge on any atom is 0.127 e. The Labute approximate surface area is 185 Å². The summed E-state index contributed by atoms with van der Waals surface area (Å²) in [5.74, 6) is 1.76. The normalized spacial score (nSPS) is 17.0. The number of fused-ring (bicyclic) bond motifs is 1. The van der Waals surface area contributed by atoms with Crippen LogP contribution in [0.5, 0.6) is 11.5 Å². The van der Waals surface area contributed by atoms with Crippen LogP contribution in [0.15, 0.2) is 72.8 Å². The summed E-state index contributed by atoms with van der Waals surface area (Å²) in [6.07, 6.45) is 1.06. The molecule has 1 saturated heterocycles. The molecule has 0 bridgehead atoms. The quantitative estimate of drug-likeness (QED) is 0.578. The van der Waals surface area contributed by atoms with Crippen molar-refractivity contribution in [1.82, 2.24) is 9.80 Å². The zero-order chi connectivity index (χ0) is 21.0. The Morgan fingerprint density at radius 3 is 2.23 bits per heavy atom. The van der Waals surface area contributed by atoms with Crippen LogP contribution in [0.3, 0.4) is 0 Å². The number of benzene rings is 3. The average molecular weight is 414 g/mol. The first-order chi connectivity index (χ1) is 15.2. The summed E-state index contributed by atoms with van der Waals surface area (Å²) >= 11 is 0. The molecule has 2 heterocycles. The van der Waals surface area contributed by atoms with E-state index in [2.05, 4.69) is 64.2 Å². The summed E-state index contributed by atoms with van der Waals surface area (Å²) in [5.41, 5.74) is 5.74. The molecule has 0 atom stereocenters. The van der Waals surface area contributed by atoms with E-state index in [4.69, 9.17) is 4.74 Å². The molecule has 2 aliphatic rings. The van der Waals surface area contributed by atoms with E-state index in [0.717, 1.165) is 63.7 Å². The van der Waals surface area contributed by atoms with Gasteiger partial charge in [0.25, 0.3) is 0 Å². The molecule has 0 aromatic heterocycles. The van der Waals surface area contributed by atoms with Crippen molar-refractivity contribution in [2.45, 2.75) is 19.5 Å². The molecule has 31 heavy (non-hydrogen) atoms. The molecule has 4 nitrogen and oxygen atoms in total. The van der Waals surface area contributed by atoms with Gasteiger partial charge in [-0.1, -0.05) is 36.4 Å². The molecule has 3 aromatic carbocycles. The van der Waals surface area contributed by atoms with Crippen molar-refractivity contribution in [2.24, 2.45) is 0 Å². The van der Waals surface area contributed by atoms with Crippen LogP contribution >= 0.6 is 0 Å². The minimum atomic E-state index is 0.876. The van der Waals surface area contributed by atoms with E-state index in [0.29, 0.717) is 0 Å². The summed E-state index contributed by atoms with van der Waals surface area (Å²) in [6, 6.07) is 25.6. The highest BCUT2D eigenvalue weighted by atomic mass is 16.5. The second-order valence-corrected chi connectivity index (χ2v) is 8.76. The van der Waals surface area contributed by atoms with Gasteiger partial charge in [0.1, 0.15) is 11.5 Å². The predicted octanol–water partition coefficient (Wildman–Crippen LogP) is 4.79. The zero-order valence-corrected chi connectivity index (χ0v) is 18.3. The second-order valence-electron chi connectivity index (χ2n) is 8.76. The molecule has 0 spiro atoms. The number of para-hydroxylation sites is 1. The van der Waals surface area contributed by atoms with Gasteiger partial charge in [-0.2, -0.15) is 0 Å². The Morgan fingerprint density at radius 2 is 1.45 bits per heavy atom. The Morgan fingerprint density at radius 1 is 0.742 bits per heavy atom. The first-order valence-corrected chi connectivity index (χ1v) is 11.3. The topological polar surface area (TPSA) is 19.0 Å². The summed E-state index contributed by atoms with van der Waals surface area (Å²) in [4.78, 5) is 7.50. The van der Waals surface area contributed by atoms with E-state index in [1.165, 1.54) is 22.4 Å². The monoisotopic (exact) mass is 413 g/mol. The lowest BCUT2D eigenvalue weighted by molar-refractivity contribution is 0.288. The largest absolute Gasteiger partial charge is 0.457 e. The summed E-state index contributed by atoms with van der Waals surface area (Å²) in [5, 5.41) is 0. The van der Waals surface area contributed by atoms with Gasteiger partial charge in [0.2, 0.25) is 0 Å². The van der Waals surface area contributed by atoms with Crippen LogP contribution in [0, 0.1) is 0 Å². The maximum absolute atomic E-state index is 5.90. The molecule has 3 aromatic rings. The average Bonchev–Trinajstić information content (AvgIpc) is 3.22. The van der Waals surface area contributed by atoms with Crippen LogP contribution in [-0.4, -0.2) is 49.6 Å². The fourth-order valence-corrected chi connectivity index (χ4v) is 4.51. The highest BCUT2D eigenvalue weighted by molar-refractivity contribution is 5.52. The van der Waals surface area contributed by atoms with Crippen molar-refractivity contribution in [3.05, 3.63) is 89.5 Å². The third-order valence-electron chi connectivity index (χ3n) is 6.47. The van der Waals surface area contributed by atoms with Gasteiger partial charge in [-0.3, -0.25) is 4.90 Å². The van der Waals surface area contributed by atoms with Crippen molar-refractivity contribution in [2.75, 3.05) is 44.7 Å². The molecule has 2 aliphatic heterocycles. The van der Waals surface area contributed by atoms with Crippen molar-refractivity contribution in [1.29, 1.82) is 0 Å². The van der Waals surface area contributed by atoms with Gasteiger partial charge in [0.15, 0.2) is 0 Å². The SMILES string of the molecule is CN1CCN(c2ccc3c(c2)CN(CCc2ccc(Oc4ccccc4)cc2)C3)CC1. The minimum Gasteiger partial charge on any atom is -0.457 e. The van der Waals surface area contributed by atoms with E-state index in [9.17, 15) is 0 Å². The molecule has 160 valence electrons. The Hall–Kier alpha value is -2.82. The smallest absolute Gasteiger partial charge is 0.127 e. The van der Waals surface area contributed by atoms with E-state index < -0.39 is 0 Å². The highest BCUT2D eigenvalue weighted by Gasteiger charge is 2.21. The molecule has 0 unspecified atom stereocenters. The van der Waals surface area contributed by atoms with Gasteiger partial charge in [0.05, 0.1) is 0 Å². The lowest BCUT2D eigenvalue weighted by atomic mass is 10.1. The number of likely N-dealkylation sites (N-methyl/N-ethyl adjacent to an activating group) is 1. The van der Waals surface area contributed by atoms with Crippen molar-refractivity contribution in [3.63, 3.8) is 0 Å². The number of rotatable bonds is 6. The van der Waals surface area contributed by atoms with E-state index in [1.54, 1.807) is 0 Å². The second kappa shape index (κ2) is 9.13. The van der Waals surface area contributed by atoms with Crippen LogP contribution in [0.25, 0.3) is 0 Å². The van der Waals surface area contributed by atoms with E-state index in [-0.39, 0.29) is 0 Å². The Balaban J connectivity index is 1.14. The van der Waals surface area contributed by atoms with Crippen molar-refractivity contribution < 1.29 is 4.74 Å². The van der Waals surface area contributed by atoms with E-state index >= 15 is 0 Å². The standard InChI is InChI=1S/C27H31N3O/c1-28-15-17-30(18-16-28)25-10-9-23-20-29(21-24(23)19-25)14-13-22-7-11-27(12-8-22)31-26-5-3-2-4-6-26/h2-12,19H,13-18,20-21H2,1H3. The number of hydrogen-bond acceptors (Lipinski definition) is 4. The van der Waals surface area contributed by atoms with Gasteiger partial charge in [0, 0.05) is 51.5 Å². The van der Waals surface area contributed by atoms with Gasteiger partial charge in [-0.25, -0.2) is 0 Å². The van der Waals surface area contributed by atoms with Gasteiger partial charge < -0.3 is 14.5 Å². The molecular weight excluding hydrogens is 382 g/mol. The number of ether oxygens (including phenoxy) is 1. The van der Waals surface area contributed by atoms with E-state index in [1.807, 2.05) is 30.3 Å². The maximum atomic E-state index is 5.90. The third-order valence-corrected chi connectivity index (χ3v) is 6.47. The fourth-order valence-electron chi connectivity index (χ4n) is 4.51. The molecule has 0 saturated carbocycles. The van der Waals surface area contributed by atoms with Gasteiger partial charge >= 0.3 is 0 Å².